The minimum absolute atomic E-state index is 0.113. The standard InChI is InChI=1S/C30H36Cl2FN7O2S2/c31-20-16-24(43-18-20)26-29(40-12-10-38(11-13-40)21-4-2-1-3-5-21)44-30(35-26)36-28(42)19-14-22(32)27(23(33)15-19)39-8-6-37(7-9-39)17-25(34)41/h14-16,18,21H,1-13,17H2,(H2,34,41)(H,35,36,42). The van der Waals surface area contributed by atoms with Gasteiger partial charge in [-0.15, -0.1) is 11.3 Å². The highest BCUT2D eigenvalue weighted by atomic mass is 35.5. The number of benzene rings is 1. The molecule has 0 spiro atoms. The summed E-state index contributed by atoms with van der Waals surface area (Å²) in [5.74, 6) is -1.45. The number of aromatic nitrogens is 1. The molecule has 14 heteroatoms. The molecule has 2 aromatic heterocycles. The number of piperazine rings is 2. The molecule has 1 aromatic carbocycles. The number of rotatable bonds is 8. The van der Waals surface area contributed by atoms with Crippen LogP contribution in [0.4, 0.5) is 20.2 Å². The Balaban J connectivity index is 1.16. The van der Waals surface area contributed by atoms with Gasteiger partial charge in [-0.25, -0.2) is 9.37 Å². The maximum atomic E-state index is 15.4. The van der Waals surface area contributed by atoms with Gasteiger partial charge in [0.2, 0.25) is 5.91 Å². The number of amides is 2. The van der Waals surface area contributed by atoms with Crippen molar-refractivity contribution in [3.63, 3.8) is 0 Å². The fraction of sp³-hybridized carbons (Fsp3) is 0.500. The van der Waals surface area contributed by atoms with Crippen LogP contribution in [0.15, 0.2) is 23.6 Å². The molecule has 9 nitrogen and oxygen atoms in total. The van der Waals surface area contributed by atoms with Crippen molar-refractivity contribution in [2.75, 3.05) is 74.0 Å². The number of thiazole rings is 1. The molecule has 0 unspecified atom stereocenters. The normalized spacial score (nSPS) is 19.0. The van der Waals surface area contributed by atoms with Gasteiger partial charge in [-0.1, -0.05) is 53.8 Å². The Labute approximate surface area is 274 Å². The number of nitrogens with two attached hydrogens (primary N) is 1. The summed E-state index contributed by atoms with van der Waals surface area (Å²) in [5.41, 5.74) is 6.46. The van der Waals surface area contributed by atoms with Crippen LogP contribution in [-0.2, 0) is 4.79 Å². The van der Waals surface area contributed by atoms with Gasteiger partial charge in [-0.05, 0) is 31.0 Å². The Hall–Kier alpha value is -2.48. The third-order valence-electron chi connectivity index (χ3n) is 8.67. The van der Waals surface area contributed by atoms with Crippen LogP contribution in [0.3, 0.4) is 0 Å². The van der Waals surface area contributed by atoms with Crippen molar-refractivity contribution in [2.24, 2.45) is 5.73 Å². The van der Waals surface area contributed by atoms with Crippen molar-refractivity contribution < 1.29 is 14.0 Å². The van der Waals surface area contributed by atoms with E-state index >= 15 is 4.39 Å². The molecular weight excluding hydrogens is 644 g/mol. The molecule has 44 heavy (non-hydrogen) atoms. The maximum Gasteiger partial charge on any atom is 0.257 e. The highest BCUT2D eigenvalue weighted by molar-refractivity contribution is 7.21. The molecule has 3 aromatic rings. The predicted molar refractivity (Wildman–Crippen MR) is 178 cm³/mol. The third kappa shape index (κ3) is 7.16. The summed E-state index contributed by atoms with van der Waals surface area (Å²) < 4.78 is 15.4. The summed E-state index contributed by atoms with van der Waals surface area (Å²) in [5, 5.41) is 7.00. The van der Waals surface area contributed by atoms with Crippen molar-refractivity contribution in [1.82, 2.24) is 14.8 Å². The Morgan fingerprint density at radius 3 is 2.32 bits per heavy atom. The number of primary amides is 1. The summed E-state index contributed by atoms with van der Waals surface area (Å²) in [6.07, 6.45) is 6.56. The SMILES string of the molecule is NC(=O)CN1CCN(c2c(F)cc(C(=O)Nc3nc(-c4cc(Cl)cs4)c(N4CCN(C5CCCCC5)CC4)s3)cc2Cl)CC1. The molecule has 236 valence electrons. The van der Waals surface area contributed by atoms with E-state index in [1.54, 1.807) is 0 Å². The summed E-state index contributed by atoms with van der Waals surface area (Å²) >= 11 is 15.7. The summed E-state index contributed by atoms with van der Waals surface area (Å²) in [7, 11) is 0. The van der Waals surface area contributed by atoms with E-state index in [0.717, 1.165) is 41.8 Å². The van der Waals surface area contributed by atoms with Gasteiger partial charge in [0.15, 0.2) is 5.13 Å². The molecule has 0 bridgehead atoms. The van der Waals surface area contributed by atoms with Crippen LogP contribution in [0.5, 0.6) is 0 Å². The Morgan fingerprint density at radius 1 is 0.977 bits per heavy atom. The molecule has 2 amide bonds. The molecular formula is C30H36Cl2FN7O2S2. The first-order valence-electron chi connectivity index (χ1n) is 15.1. The van der Waals surface area contributed by atoms with Gasteiger partial charge in [0.1, 0.15) is 16.5 Å². The van der Waals surface area contributed by atoms with Gasteiger partial charge in [0, 0.05) is 69.3 Å². The summed E-state index contributed by atoms with van der Waals surface area (Å²) in [6, 6.07) is 5.29. The van der Waals surface area contributed by atoms with E-state index in [0.29, 0.717) is 42.4 Å². The average Bonchev–Trinajstić information content (AvgIpc) is 3.64. The number of carbonyl (C=O) groups excluding carboxylic acids is 2. The number of halogens is 3. The van der Waals surface area contributed by atoms with E-state index in [1.807, 2.05) is 21.2 Å². The van der Waals surface area contributed by atoms with Gasteiger partial charge < -0.3 is 15.5 Å². The van der Waals surface area contributed by atoms with Gasteiger partial charge >= 0.3 is 0 Å². The number of thiophene rings is 1. The predicted octanol–water partition coefficient (Wildman–Crippen LogP) is 5.63. The van der Waals surface area contributed by atoms with Crippen LogP contribution in [-0.4, -0.2) is 91.5 Å². The van der Waals surface area contributed by atoms with Crippen molar-refractivity contribution in [3.8, 4) is 10.6 Å². The molecule has 0 radical (unpaired) electrons. The van der Waals surface area contributed by atoms with Crippen molar-refractivity contribution in [2.45, 2.75) is 38.1 Å². The zero-order valence-electron chi connectivity index (χ0n) is 24.4. The lowest BCUT2D eigenvalue weighted by molar-refractivity contribution is -0.119. The number of hydrogen-bond donors (Lipinski definition) is 2. The van der Waals surface area contributed by atoms with Gasteiger partial charge in [-0.3, -0.25) is 24.7 Å². The number of anilines is 3. The van der Waals surface area contributed by atoms with Gasteiger partial charge in [-0.2, -0.15) is 0 Å². The molecule has 6 rings (SSSR count). The molecule has 2 saturated heterocycles. The first-order chi connectivity index (χ1) is 21.2. The zero-order chi connectivity index (χ0) is 30.8. The molecule has 3 N–H and O–H groups in total. The highest BCUT2D eigenvalue weighted by Gasteiger charge is 2.29. The largest absolute Gasteiger partial charge is 0.369 e. The first kappa shape index (κ1) is 31.5. The van der Waals surface area contributed by atoms with E-state index in [1.165, 1.54) is 66.9 Å². The first-order valence-corrected chi connectivity index (χ1v) is 17.5. The van der Waals surface area contributed by atoms with E-state index in [-0.39, 0.29) is 22.8 Å². The van der Waals surface area contributed by atoms with Crippen LogP contribution in [0.25, 0.3) is 10.6 Å². The molecule has 3 fully saturated rings. The minimum atomic E-state index is -0.574. The number of hydrogen-bond acceptors (Lipinski definition) is 9. The molecule has 1 aliphatic carbocycles. The van der Waals surface area contributed by atoms with Crippen LogP contribution in [0.1, 0.15) is 42.5 Å². The number of nitrogens with one attached hydrogen (secondary N) is 1. The van der Waals surface area contributed by atoms with E-state index in [9.17, 15) is 9.59 Å². The maximum absolute atomic E-state index is 15.4. The fourth-order valence-electron chi connectivity index (χ4n) is 6.43. The highest BCUT2D eigenvalue weighted by Crippen LogP contribution is 2.42. The topological polar surface area (TPSA) is 98.0 Å². The second-order valence-corrected chi connectivity index (χ2v) is 14.3. The lowest BCUT2D eigenvalue weighted by atomic mass is 9.94. The molecule has 2 aliphatic heterocycles. The Kier molecular flexibility index (Phi) is 9.94. The number of nitrogens with zero attached hydrogens (tertiary/aromatic N) is 5. The lowest BCUT2D eigenvalue weighted by Gasteiger charge is -2.41. The second-order valence-electron chi connectivity index (χ2n) is 11.6. The van der Waals surface area contributed by atoms with E-state index in [2.05, 4.69) is 15.1 Å². The van der Waals surface area contributed by atoms with Crippen LogP contribution < -0.4 is 20.9 Å². The second kappa shape index (κ2) is 13.9. The zero-order valence-corrected chi connectivity index (χ0v) is 27.5. The molecule has 0 atom stereocenters. The summed E-state index contributed by atoms with van der Waals surface area (Å²) in [6.45, 7) is 6.03. The van der Waals surface area contributed by atoms with E-state index in [4.69, 9.17) is 33.9 Å². The van der Waals surface area contributed by atoms with Gasteiger partial charge in [0.25, 0.3) is 5.91 Å². The van der Waals surface area contributed by atoms with Crippen molar-refractivity contribution in [3.05, 3.63) is 45.0 Å². The quantitative estimate of drug-likeness (QED) is 0.318. The van der Waals surface area contributed by atoms with Crippen LogP contribution in [0, 0.1) is 5.82 Å². The molecule has 1 saturated carbocycles. The van der Waals surface area contributed by atoms with E-state index < -0.39 is 17.6 Å². The van der Waals surface area contributed by atoms with Gasteiger partial charge in [0.05, 0.1) is 27.2 Å². The Bertz CT molecular complexity index is 1470. The smallest absolute Gasteiger partial charge is 0.257 e. The van der Waals surface area contributed by atoms with Crippen LogP contribution in [0.2, 0.25) is 10.0 Å². The minimum Gasteiger partial charge on any atom is -0.369 e. The Morgan fingerprint density at radius 2 is 1.68 bits per heavy atom. The average molecular weight is 681 g/mol. The summed E-state index contributed by atoms with van der Waals surface area (Å²) in [4.78, 5) is 39.1. The molecule has 3 aliphatic rings. The van der Waals surface area contributed by atoms with Crippen LogP contribution >= 0.6 is 45.9 Å². The van der Waals surface area contributed by atoms with Crippen molar-refractivity contribution in [1.29, 1.82) is 0 Å². The number of carbonyl (C=O) groups is 2. The monoisotopic (exact) mass is 679 g/mol. The fourth-order valence-corrected chi connectivity index (χ4v) is 8.92. The molecule has 4 heterocycles. The van der Waals surface area contributed by atoms with Crippen molar-refractivity contribution >= 4 is 73.5 Å². The third-order valence-corrected chi connectivity index (χ3v) is 11.3. The lowest BCUT2D eigenvalue weighted by Crippen LogP contribution is -2.50.